The molecule has 0 radical (unpaired) electrons. The van der Waals surface area contributed by atoms with Crippen LogP contribution in [0.1, 0.15) is 90.4 Å². The van der Waals surface area contributed by atoms with E-state index in [-0.39, 0.29) is 12.1 Å². The smallest absolute Gasteiger partial charge is 0.302 e. The van der Waals surface area contributed by atoms with Crippen LogP contribution in [0.4, 0.5) is 0 Å². The molecule has 1 aliphatic heterocycles. The first-order valence-corrected chi connectivity index (χ1v) is 9.68. The van der Waals surface area contributed by atoms with Crippen LogP contribution in [0.3, 0.4) is 0 Å². The minimum Gasteiger partial charge on any atom is -0.461 e. The summed E-state index contributed by atoms with van der Waals surface area (Å²) < 4.78 is 5.78. The highest BCUT2D eigenvalue weighted by molar-refractivity contribution is 5.66. The summed E-state index contributed by atoms with van der Waals surface area (Å²) in [6, 6.07) is 0.462. The summed E-state index contributed by atoms with van der Waals surface area (Å²) in [5, 5.41) is 0. The van der Waals surface area contributed by atoms with Gasteiger partial charge in [0.15, 0.2) is 0 Å². The molecular weight excluding hydrogens is 274 g/mol. The summed E-state index contributed by atoms with van der Waals surface area (Å²) in [6.07, 6.45) is 17.0. The van der Waals surface area contributed by atoms with E-state index in [0.717, 1.165) is 6.42 Å². The Morgan fingerprint density at radius 1 is 0.773 bits per heavy atom. The van der Waals surface area contributed by atoms with Gasteiger partial charge in [0.2, 0.25) is 0 Å². The number of piperidine rings is 1. The Kier molecular flexibility index (Phi) is 8.28. The van der Waals surface area contributed by atoms with Crippen LogP contribution in [0.2, 0.25) is 0 Å². The zero-order chi connectivity index (χ0) is 15.6. The maximum atomic E-state index is 11.6. The number of carbonyl (C=O) groups is 1. The first-order chi connectivity index (χ1) is 10.8. The van der Waals surface area contributed by atoms with Gasteiger partial charge in [0.1, 0.15) is 6.10 Å². The zero-order valence-electron chi connectivity index (χ0n) is 14.5. The Balaban J connectivity index is 2.00. The summed E-state index contributed by atoms with van der Waals surface area (Å²) in [7, 11) is 0. The van der Waals surface area contributed by atoms with Crippen LogP contribution in [0.5, 0.6) is 0 Å². The molecule has 0 aromatic heterocycles. The van der Waals surface area contributed by atoms with Crippen molar-refractivity contribution in [2.75, 3.05) is 13.1 Å². The molecule has 0 unspecified atom stereocenters. The van der Waals surface area contributed by atoms with E-state index in [4.69, 9.17) is 4.74 Å². The number of hydrogen-bond acceptors (Lipinski definition) is 3. The molecule has 22 heavy (non-hydrogen) atoms. The average Bonchev–Trinajstić information content (AvgIpc) is 2.50. The summed E-state index contributed by atoms with van der Waals surface area (Å²) in [5.74, 6) is -0.0981. The molecule has 0 aromatic carbocycles. The molecule has 1 saturated carbocycles. The second-order valence-electron chi connectivity index (χ2n) is 7.22. The Hall–Kier alpha value is -0.570. The highest BCUT2D eigenvalue weighted by Crippen LogP contribution is 2.25. The Morgan fingerprint density at radius 3 is 1.86 bits per heavy atom. The van der Waals surface area contributed by atoms with Crippen molar-refractivity contribution in [2.24, 2.45) is 0 Å². The Labute approximate surface area is 136 Å². The van der Waals surface area contributed by atoms with Gasteiger partial charge in [-0.3, -0.25) is 9.69 Å². The van der Waals surface area contributed by atoms with Gasteiger partial charge >= 0.3 is 5.97 Å². The lowest BCUT2D eigenvalue weighted by atomic mass is 9.93. The van der Waals surface area contributed by atoms with Gasteiger partial charge in [-0.05, 0) is 45.2 Å². The molecule has 0 amide bonds. The Bertz CT molecular complexity index is 313. The number of rotatable bonds is 2. The fourth-order valence-corrected chi connectivity index (χ4v) is 4.16. The second kappa shape index (κ2) is 10.3. The third-order valence-corrected chi connectivity index (χ3v) is 5.34. The second-order valence-corrected chi connectivity index (χ2v) is 7.22. The molecule has 1 saturated heterocycles. The number of carbonyl (C=O) groups excluding carboxylic acids is 1. The molecule has 3 heteroatoms. The standard InChI is InChI=1S/C19H35NO2/c1-17(21)22-19-14-10-7-5-3-2-4-6-9-13-18(19)20-15-11-8-12-16-20/h18-19H,2-16H2,1H3/t18-,19-/m0/s1. The van der Waals surface area contributed by atoms with Crippen molar-refractivity contribution in [3.8, 4) is 0 Å². The third kappa shape index (κ3) is 6.28. The van der Waals surface area contributed by atoms with Gasteiger partial charge in [0.05, 0.1) is 0 Å². The molecule has 2 rings (SSSR count). The fourth-order valence-electron chi connectivity index (χ4n) is 4.16. The molecule has 2 fully saturated rings. The third-order valence-electron chi connectivity index (χ3n) is 5.34. The van der Waals surface area contributed by atoms with E-state index >= 15 is 0 Å². The molecule has 0 bridgehead atoms. The normalized spacial score (nSPS) is 30.0. The number of likely N-dealkylation sites (tertiary alicyclic amines) is 1. The van der Waals surface area contributed by atoms with E-state index in [0.29, 0.717) is 6.04 Å². The maximum Gasteiger partial charge on any atom is 0.302 e. The minimum atomic E-state index is -0.0981. The van der Waals surface area contributed by atoms with Crippen molar-refractivity contribution in [3.63, 3.8) is 0 Å². The van der Waals surface area contributed by atoms with Crippen LogP contribution in [-0.2, 0) is 9.53 Å². The predicted molar refractivity (Wildman–Crippen MR) is 90.9 cm³/mol. The van der Waals surface area contributed by atoms with Crippen molar-refractivity contribution in [1.82, 2.24) is 4.90 Å². The van der Waals surface area contributed by atoms with E-state index in [1.54, 1.807) is 6.92 Å². The van der Waals surface area contributed by atoms with E-state index in [1.165, 1.54) is 90.1 Å². The van der Waals surface area contributed by atoms with Crippen LogP contribution in [-0.4, -0.2) is 36.1 Å². The fraction of sp³-hybridized carbons (Fsp3) is 0.947. The van der Waals surface area contributed by atoms with Gasteiger partial charge in [-0.15, -0.1) is 0 Å². The van der Waals surface area contributed by atoms with Crippen LogP contribution < -0.4 is 0 Å². The summed E-state index contributed by atoms with van der Waals surface area (Å²) in [5.41, 5.74) is 0. The monoisotopic (exact) mass is 309 g/mol. The van der Waals surface area contributed by atoms with Gasteiger partial charge < -0.3 is 4.74 Å². The minimum absolute atomic E-state index is 0.0981. The van der Waals surface area contributed by atoms with Gasteiger partial charge in [-0.25, -0.2) is 0 Å². The lowest BCUT2D eigenvalue weighted by Gasteiger charge is -2.39. The number of hydrogen-bond donors (Lipinski definition) is 0. The molecule has 2 atom stereocenters. The van der Waals surface area contributed by atoms with E-state index in [2.05, 4.69) is 4.90 Å². The van der Waals surface area contributed by atoms with Gasteiger partial charge in [0.25, 0.3) is 0 Å². The quantitative estimate of drug-likeness (QED) is 0.693. The first-order valence-electron chi connectivity index (χ1n) is 9.68. The molecule has 2 aliphatic rings. The van der Waals surface area contributed by atoms with Crippen molar-refractivity contribution in [2.45, 2.75) is 103 Å². The topological polar surface area (TPSA) is 29.5 Å². The van der Waals surface area contributed by atoms with Crippen LogP contribution >= 0.6 is 0 Å². The van der Waals surface area contributed by atoms with E-state index < -0.39 is 0 Å². The molecule has 1 aliphatic carbocycles. The van der Waals surface area contributed by atoms with Crippen molar-refractivity contribution < 1.29 is 9.53 Å². The number of nitrogens with zero attached hydrogens (tertiary/aromatic N) is 1. The lowest BCUT2D eigenvalue weighted by Crippen LogP contribution is -2.47. The summed E-state index contributed by atoms with van der Waals surface area (Å²) in [4.78, 5) is 14.2. The molecule has 128 valence electrons. The van der Waals surface area contributed by atoms with Gasteiger partial charge in [0, 0.05) is 13.0 Å². The molecule has 0 spiro atoms. The zero-order valence-corrected chi connectivity index (χ0v) is 14.5. The molecule has 0 N–H and O–H groups in total. The average molecular weight is 309 g/mol. The highest BCUT2D eigenvalue weighted by atomic mass is 16.5. The van der Waals surface area contributed by atoms with Crippen molar-refractivity contribution in [1.29, 1.82) is 0 Å². The van der Waals surface area contributed by atoms with Crippen LogP contribution in [0.15, 0.2) is 0 Å². The summed E-state index contributed by atoms with van der Waals surface area (Å²) >= 11 is 0. The largest absolute Gasteiger partial charge is 0.461 e. The van der Waals surface area contributed by atoms with Gasteiger partial charge in [-0.2, -0.15) is 0 Å². The first kappa shape index (κ1) is 17.8. The molecular formula is C19H35NO2. The molecule has 1 heterocycles. The highest BCUT2D eigenvalue weighted by Gasteiger charge is 2.30. The van der Waals surface area contributed by atoms with Crippen LogP contribution in [0.25, 0.3) is 0 Å². The molecule has 0 aromatic rings. The van der Waals surface area contributed by atoms with E-state index in [9.17, 15) is 4.79 Å². The number of ether oxygens (including phenoxy) is 1. The van der Waals surface area contributed by atoms with Crippen LogP contribution in [0, 0.1) is 0 Å². The SMILES string of the molecule is CC(=O)O[C@H]1CCCCCCCCCC[C@@H]1N1CCCCC1. The lowest BCUT2D eigenvalue weighted by molar-refractivity contribution is -0.151. The Morgan fingerprint density at radius 2 is 1.27 bits per heavy atom. The van der Waals surface area contributed by atoms with Gasteiger partial charge in [-0.1, -0.05) is 51.4 Å². The maximum absolute atomic E-state index is 11.6. The predicted octanol–water partition coefficient (Wildman–Crippen LogP) is 4.69. The summed E-state index contributed by atoms with van der Waals surface area (Å²) in [6.45, 7) is 3.97. The number of esters is 1. The molecule has 3 nitrogen and oxygen atoms in total. The van der Waals surface area contributed by atoms with Crippen molar-refractivity contribution in [3.05, 3.63) is 0 Å². The van der Waals surface area contributed by atoms with Crippen molar-refractivity contribution >= 4 is 5.97 Å². The van der Waals surface area contributed by atoms with E-state index in [1.807, 2.05) is 0 Å².